The lowest BCUT2D eigenvalue weighted by Crippen LogP contribution is -2.34. The molecule has 19 heavy (non-hydrogen) atoms. The Balaban J connectivity index is 1.82. The van der Waals surface area contributed by atoms with Gasteiger partial charge in [0.15, 0.2) is 0 Å². The van der Waals surface area contributed by atoms with Crippen LogP contribution in [0.1, 0.15) is 31.2 Å². The summed E-state index contributed by atoms with van der Waals surface area (Å²) < 4.78 is 13.7. The highest BCUT2D eigenvalue weighted by molar-refractivity contribution is 9.10. The Kier molecular flexibility index (Phi) is 4.93. The van der Waals surface area contributed by atoms with E-state index in [9.17, 15) is 9.18 Å². The van der Waals surface area contributed by atoms with E-state index in [2.05, 4.69) is 21.2 Å². The van der Waals surface area contributed by atoms with Crippen molar-refractivity contribution >= 4 is 21.9 Å². The van der Waals surface area contributed by atoms with E-state index in [1.807, 2.05) is 0 Å². The number of hydrogen-bond acceptors (Lipinski definition) is 2. The lowest BCUT2D eigenvalue weighted by atomic mass is 9.86. The zero-order valence-electron chi connectivity index (χ0n) is 10.5. The maximum Gasteiger partial charge on any atom is 0.306 e. The number of rotatable bonds is 4. The Morgan fingerprint density at radius 2 is 2.05 bits per heavy atom. The molecule has 1 fully saturated rings. The zero-order valence-corrected chi connectivity index (χ0v) is 12.1. The van der Waals surface area contributed by atoms with E-state index in [-0.39, 0.29) is 11.7 Å². The SMILES string of the molecule is O=C(O)C1CCC(NCc2ccc(F)cc2Br)CC1. The lowest BCUT2D eigenvalue weighted by Gasteiger charge is -2.27. The van der Waals surface area contributed by atoms with E-state index in [4.69, 9.17) is 5.11 Å². The van der Waals surface area contributed by atoms with E-state index >= 15 is 0 Å². The third-order valence-electron chi connectivity index (χ3n) is 3.67. The van der Waals surface area contributed by atoms with Gasteiger partial charge in [0.05, 0.1) is 5.92 Å². The van der Waals surface area contributed by atoms with Crippen LogP contribution < -0.4 is 5.32 Å². The Labute approximate surface area is 120 Å². The maximum atomic E-state index is 13.0. The Bertz CT molecular complexity index is 459. The molecule has 0 bridgehead atoms. The minimum absolute atomic E-state index is 0.185. The van der Waals surface area contributed by atoms with E-state index in [1.54, 1.807) is 6.07 Å². The minimum atomic E-state index is -0.681. The number of benzene rings is 1. The van der Waals surface area contributed by atoms with Gasteiger partial charge in [0, 0.05) is 17.1 Å². The molecule has 0 atom stereocenters. The fraction of sp³-hybridized carbons (Fsp3) is 0.500. The van der Waals surface area contributed by atoms with Crippen LogP contribution in [0.25, 0.3) is 0 Å². The third kappa shape index (κ3) is 4.01. The second-order valence-electron chi connectivity index (χ2n) is 5.00. The van der Waals surface area contributed by atoms with E-state index in [0.717, 1.165) is 35.7 Å². The fourth-order valence-corrected chi connectivity index (χ4v) is 2.95. The predicted octanol–water partition coefficient (Wildman–Crippen LogP) is 3.32. The van der Waals surface area contributed by atoms with Crippen molar-refractivity contribution in [2.75, 3.05) is 0 Å². The summed E-state index contributed by atoms with van der Waals surface area (Å²) in [5.74, 6) is -1.12. The van der Waals surface area contributed by atoms with Crippen LogP contribution in [0.4, 0.5) is 4.39 Å². The summed E-state index contributed by atoms with van der Waals surface area (Å²) in [7, 11) is 0. The molecule has 5 heteroatoms. The highest BCUT2D eigenvalue weighted by Gasteiger charge is 2.25. The van der Waals surface area contributed by atoms with Gasteiger partial charge in [-0.25, -0.2) is 4.39 Å². The van der Waals surface area contributed by atoms with Crippen molar-refractivity contribution in [2.45, 2.75) is 38.3 Å². The van der Waals surface area contributed by atoms with Gasteiger partial charge >= 0.3 is 5.97 Å². The Morgan fingerprint density at radius 1 is 1.37 bits per heavy atom. The van der Waals surface area contributed by atoms with E-state index < -0.39 is 5.97 Å². The molecule has 2 N–H and O–H groups in total. The van der Waals surface area contributed by atoms with Gasteiger partial charge in [-0.3, -0.25) is 4.79 Å². The van der Waals surface area contributed by atoms with Crippen molar-refractivity contribution in [1.29, 1.82) is 0 Å². The average Bonchev–Trinajstić information content (AvgIpc) is 2.38. The van der Waals surface area contributed by atoms with Crippen LogP contribution in [0.3, 0.4) is 0 Å². The van der Waals surface area contributed by atoms with Crippen molar-refractivity contribution in [2.24, 2.45) is 5.92 Å². The van der Waals surface area contributed by atoms with Gasteiger partial charge in [0.1, 0.15) is 5.82 Å². The Morgan fingerprint density at radius 3 is 2.63 bits per heavy atom. The molecule has 0 heterocycles. The van der Waals surface area contributed by atoms with Gasteiger partial charge in [0.25, 0.3) is 0 Å². The number of aliphatic carboxylic acids is 1. The molecule has 3 nitrogen and oxygen atoms in total. The number of carboxylic acid groups (broad SMARTS) is 1. The molecule has 104 valence electrons. The first-order valence-electron chi connectivity index (χ1n) is 6.46. The largest absolute Gasteiger partial charge is 0.481 e. The van der Waals surface area contributed by atoms with Crippen LogP contribution >= 0.6 is 15.9 Å². The topological polar surface area (TPSA) is 49.3 Å². The summed E-state index contributed by atoms with van der Waals surface area (Å²) in [6, 6.07) is 5.02. The van der Waals surface area contributed by atoms with Gasteiger partial charge in [-0.15, -0.1) is 0 Å². The third-order valence-corrected chi connectivity index (χ3v) is 4.41. The first-order valence-corrected chi connectivity index (χ1v) is 7.25. The van der Waals surface area contributed by atoms with Gasteiger partial charge in [-0.1, -0.05) is 22.0 Å². The van der Waals surface area contributed by atoms with Crippen LogP contribution in [0.15, 0.2) is 22.7 Å². The van der Waals surface area contributed by atoms with Crippen LogP contribution in [0.2, 0.25) is 0 Å². The zero-order chi connectivity index (χ0) is 13.8. The van der Waals surface area contributed by atoms with Crippen LogP contribution in [0.5, 0.6) is 0 Å². The fourth-order valence-electron chi connectivity index (χ4n) is 2.46. The quantitative estimate of drug-likeness (QED) is 0.890. The van der Waals surface area contributed by atoms with Crippen LogP contribution in [-0.2, 0) is 11.3 Å². The number of carboxylic acids is 1. The molecule has 0 unspecified atom stereocenters. The van der Waals surface area contributed by atoms with Gasteiger partial charge in [-0.2, -0.15) is 0 Å². The second kappa shape index (κ2) is 6.48. The second-order valence-corrected chi connectivity index (χ2v) is 5.86. The molecule has 0 spiro atoms. The molecule has 2 rings (SSSR count). The Hall–Kier alpha value is -0.940. The molecular weight excluding hydrogens is 313 g/mol. The molecule has 0 radical (unpaired) electrons. The molecule has 0 aromatic heterocycles. The molecule has 0 saturated heterocycles. The average molecular weight is 330 g/mol. The first kappa shape index (κ1) is 14.5. The molecule has 0 aliphatic heterocycles. The molecular formula is C14H17BrFNO2. The molecule has 1 aromatic rings. The molecule has 0 amide bonds. The standard InChI is InChI=1S/C14H17BrFNO2/c15-13-7-11(16)4-1-10(13)8-17-12-5-2-9(3-6-12)14(18)19/h1,4,7,9,12,17H,2-3,5-6,8H2,(H,18,19). The smallest absolute Gasteiger partial charge is 0.306 e. The van der Waals surface area contributed by atoms with E-state index in [1.165, 1.54) is 12.1 Å². The monoisotopic (exact) mass is 329 g/mol. The molecule has 1 aliphatic carbocycles. The lowest BCUT2D eigenvalue weighted by molar-refractivity contribution is -0.142. The van der Waals surface area contributed by atoms with Crippen molar-refractivity contribution in [1.82, 2.24) is 5.32 Å². The first-order chi connectivity index (χ1) is 9.06. The highest BCUT2D eigenvalue weighted by atomic mass is 79.9. The summed E-state index contributed by atoms with van der Waals surface area (Å²) in [4.78, 5) is 10.9. The molecule has 1 aliphatic rings. The summed E-state index contributed by atoms with van der Waals surface area (Å²) in [6.07, 6.45) is 3.24. The summed E-state index contributed by atoms with van der Waals surface area (Å²) in [5, 5.41) is 12.3. The number of halogens is 2. The summed E-state index contributed by atoms with van der Waals surface area (Å²) in [5.41, 5.74) is 1.02. The van der Waals surface area contributed by atoms with Crippen molar-refractivity contribution in [3.63, 3.8) is 0 Å². The van der Waals surface area contributed by atoms with Gasteiger partial charge < -0.3 is 10.4 Å². The van der Waals surface area contributed by atoms with Crippen LogP contribution in [-0.4, -0.2) is 17.1 Å². The summed E-state index contributed by atoms with van der Waals surface area (Å²) in [6.45, 7) is 0.670. The summed E-state index contributed by atoms with van der Waals surface area (Å²) >= 11 is 3.34. The van der Waals surface area contributed by atoms with Gasteiger partial charge in [0.2, 0.25) is 0 Å². The van der Waals surface area contributed by atoms with Crippen LogP contribution in [0, 0.1) is 11.7 Å². The normalized spacial score (nSPS) is 23.3. The maximum absolute atomic E-state index is 13.0. The molecule has 1 saturated carbocycles. The molecule has 1 aromatic carbocycles. The van der Waals surface area contributed by atoms with Gasteiger partial charge in [-0.05, 0) is 43.4 Å². The highest BCUT2D eigenvalue weighted by Crippen LogP contribution is 2.25. The van der Waals surface area contributed by atoms with Crippen molar-refractivity contribution < 1.29 is 14.3 Å². The van der Waals surface area contributed by atoms with Crippen molar-refractivity contribution in [3.05, 3.63) is 34.1 Å². The number of nitrogens with one attached hydrogen (secondary N) is 1. The van der Waals surface area contributed by atoms with Crippen molar-refractivity contribution in [3.8, 4) is 0 Å². The van der Waals surface area contributed by atoms with E-state index in [0.29, 0.717) is 12.6 Å². The predicted molar refractivity (Wildman–Crippen MR) is 74.3 cm³/mol. The number of carbonyl (C=O) groups is 1. The minimum Gasteiger partial charge on any atom is -0.481 e. The number of hydrogen-bond donors (Lipinski definition) is 2.